The molecule has 1 aromatic carbocycles. The van der Waals surface area contributed by atoms with Crippen LogP contribution in [0, 0.1) is 0 Å². The van der Waals surface area contributed by atoms with Crippen molar-refractivity contribution < 1.29 is 43.2 Å². The zero-order chi connectivity index (χ0) is 28.7. The fourth-order valence-electron chi connectivity index (χ4n) is 3.62. The molecule has 1 atom stereocenters. The van der Waals surface area contributed by atoms with E-state index in [1.807, 2.05) is 13.8 Å². The van der Waals surface area contributed by atoms with Crippen LogP contribution in [-0.4, -0.2) is 47.0 Å². The topological polar surface area (TPSA) is 137 Å². The number of nitrogens with one attached hydrogen (secondary N) is 1. The van der Waals surface area contributed by atoms with E-state index in [2.05, 4.69) is 5.32 Å². The number of benzene rings is 1. The summed E-state index contributed by atoms with van der Waals surface area (Å²) in [4.78, 5) is 49.5. The van der Waals surface area contributed by atoms with E-state index >= 15 is 0 Å². The maximum Gasteiger partial charge on any atom is 0.510 e. The zero-order valence-electron chi connectivity index (χ0n) is 23.5. The summed E-state index contributed by atoms with van der Waals surface area (Å²) in [6.45, 7) is 10.7. The highest BCUT2D eigenvalue weighted by atomic mass is 16.7. The molecular formula is C28H43NO9. The number of carbonyl (C=O) groups excluding carboxylic acids is 3. The normalized spacial score (nSPS) is 12.6. The molecule has 0 unspecified atom stereocenters. The standard InChI is InChI=1S/C28H43NO9/c1-7-9-11-13-24(30)36-22-16-15-21(17-23(22)37-25(31)14-12-10-8-2)18-28(26(32)33,29-19(3)4)38-27(34)35-20(5)6/h15-17,19-20,29H,7-14,18H2,1-6H3,(H,32,33)/t28-/m0/s1. The Morgan fingerprint density at radius 3 is 1.89 bits per heavy atom. The monoisotopic (exact) mass is 537 g/mol. The van der Waals surface area contributed by atoms with Gasteiger partial charge in [0.05, 0.1) is 6.10 Å². The quantitative estimate of drug-likeness (QED) is 0.113. The third kappa shape index (κ3) is 11.9. The van der Waals surface area contributed by atoms with Crippen molar-refractivity contribution in [3.8, 4) is 11.5 Å². The minimum Gasteiger partial charge on any atom is -0.477 e. The average Bonchev–Trinajstić information content (AvgIpc) is 2.80. The van der Waals surface area contributed by atoms with Gasteiger partial charge in [-0.05, 0) is 58.2 Å². The molecule has 0 saturated heterocycles. The second-order valence-electron chi connectivity index (χ2n) is 9.77. The first-order chi connectivity index (χ1) is 17.9. The Labute approximate surface area is 225 Å². The maximum absolute atomic E-state index is 12.5. The Morgan fingerprint density at radius 2 is 1.42 bits per heavy atom. The third-order valence-corrected chi connectivity index (χ3v) is 5.33. The lowest BCUT2D eigenvalue weighted by molar-refractivity contribution is -0.167. The minimum atomic E-state index is -2.17. The fraction of sp³-hybridized carbons (Fsp3) is 0.643. The van der Waals surface area contributed by atoms with Crippen molar-refractivity contribution in [3.63, 3.8) is 0 Å². The molecule has 0 bridgehead atoms. The number of carboxylic acids is 1. The van der Waals surface area contributed by atoms with Crippen molar-refractivity contribution >= 4 is 24.1 Å². The van der Waals surface area contributed by atoms with E-state index in [9.17, 15) is 24.3 Å². The van der Waals surface area contributed by atoms with Gasteiger partial charge in [-0.3, -0.25) is 14.9 Å². The number of rotatable bonds is 17. The molecule has 0 amide bonds. The molecule has 1 aromatic rings. The molecule has 0 aliphatic heterocycles. The highest BCUT2D eigenvalue weighted by molar-refractivity contribution is 5.81. The van der Waals surface area contributed by atoms with E-state index in [-0.39, 0.29) is 36.8 Å². The van der Waals surface area contributed by atoms with Gasteiger partial charge in [-0.15, -0.1) is 0 Å². The molecule has 0 fully saturated rings. The summed E-state index contributed by atoms with van der Waals surface area (Å²) in [5.41, 5.74) is -1.80. The van der Waals surface area contributed by atoms with Crippen LogP contribution in [0.5, 0.6) is 11.5 Å². The highest BCUT2D eigenvalue weighted by Crippen LogP contribution is 2.32. The molecule has 0 radical (unpaired) electrons. The van der Waals surface area contributed by atoms with Gasteiger partial charge in [0, 0.05) is 25.3 Å². The van der Waals surface area contributed by atoms with Gasteiger partial charge in [0.15, 0.2) is 11.5 Å². The number of carbonyl (C=O) groups is 4. The molecule has 2 N–H and O–H groups in total. The number of hydrogen-bond donors (Lipinski definition) is 2. The SMILES string of the molecule is CCCCCC(=O)Oc1ccc(C[C@](NC(C)C)(OC(=O)OC(C)C)C(=O)O)cc1OC(=O)CCCCC. The molecule has 1 rings (SSSR count). The molecule has 38 heavy (non-hydrogen) atoms. The van der Waals surface area contributed by atoms with E-state index in [0.29, 0.717) is 18.4 Å². The summed E-state index contributed by atoms with van der Waals surface area (Å²) in [5, 5.41) is 12.9. The summed E-state index contributed by atoms with van der Waals surface area (Å²) in [6, 6.07) is 4.01. The van der Waals surface area contributed by atoms with Crippen LogP contribution in [0.4, 0.5) is 4.79 Å². The summed E-state index contributed by atoms with van der Waals surface area (Å²) < 4.78 is 21.3. The number of esters is 2. The van der Waals surface area contributed by atoms with E-state index in [1.165, 1.54) is 18.2 Å². The van der Waals surface area contributed by atoms with Crippen LogP contribution in [0.15, 0.2) is 18.2 Å². The summed E-state index contributed by atoms with van der Waals surface area (Å²) >= 11 is 0. The summed E-state index contributed by atoms with van der Waals surface area (Å²) in [7, 11) is 0. The highest BCUT2D eigenvalue weighted by Gasteiger charge is 2.44. The van der Waals surface area contributed by atoms with Crippen LogP contribution >= 0.6 is 0 Å². The van der Waals surface area contributed by atoms with Crippen LogP contribution in [0.25, 0.3) is 0 Å². The Kier molecular flexibility index (Phi) is 14.4. The second kappa shape index (κ2) is 16.7. The van der Waals surface area contributed by atoms with E-state index in [1.54, 1.807) is 27.7 Å². The average molecular weight is 538 g/mol. The van der Waals surface area contributed by atoms with E-state index in [0.717, 1.165) is 25.7 Å². The fourth-order valence-corrected chi connectivity index (χ4v) is 3.62. The Hall–Kier alpha value is -3.14. The molecule has 0 spiro atoms. The molecular weight excluding hydrogens is 494 g/mol. The van der Waals surface area contributed by atoms with Crippen LogP contribution in [-0.2, 0) is 30.3 Å². The molecule has 0 aliphatic rings. The minimum absolute atomic E-state index is 0.0126. The largest absolute Gasteiger partial charge is 0.510 e. The van der Waals surface area contributed by atoms with Gasteiger partial charge in [0.1, 0.15) is 0 Å². The van der Waals surface area contributed by atoms with Gasteiger partial charge in [-0.1, -0.05) is 45.6 Å². The first-order valence-corrected chi connectivity index (χ1v) is 13.4. The second-order valence-corrected chi connectivity index (χ2v) is 9.77. The van der Waals surface area contributed by atoms with Crippen LogP contribution in [0.2, 0.25) is 0 Å². The van der Waals surface area contributed by atoms with Gasteiger partial charge >= 0.3 is 24.1 Å². The lowest BCUT2D eigenvalue weighted by Gasteiger charge is -2.32. The predicted octanol–water partition coefficient (Wildman–Crippen LogP) is 5.54. The zero-order valence-corrected chi connectivity index (χ0v) is 23.5. The summed E-state index contributed by atoms with van der Waals surface area (Å²) in [5.74, 6) is -2.36. The first-order valence-electron chi connectivity index (χ1n) is 13.4. The molecule has 0 aliphatic carbocycles. The lowest BCUT2D eigenvalue weighted by Crippen LogP contribution is -2.59. The molecule has 0 aromatic heterocycles. The molecule has 0 saturated carbocycles. The Bertz CT molecular complexity index is 929. The van der Waals surface area contributed by atoms with Crippen molar-refractivity contribution in [3.05, 3.63) is 23.8 Å². The number of ether oxygens (including phenoxy) is 4. The van der Waals surface area contributed by atoms with Crippen molar-refractivity contribution in [2.75, 3.05) is 0 Å². The maximum atomic E-state index is 12.5. The molecule has 10 nitrogen and oxygen atoms in total. The van der Waals surface area contributed by atoms with Crippen LogP contribution in [0.3, 0.4) is 0 Å². The lowest BCUT2D eigenvalue weighted by atomic mass is 10.0. The first kappa shape index (κ1) is 32.9. The van der Waals surface area contributed by atoms with Crippen molar-refractivity contribution in [1.82, 2.24) is 5.32 Å². The van der Waals surface area contributed by atoms with E-state index < -0.39 is 35.9 Å². The molecule has 10 heteroatoms. The van der Waals surface area contributed by atoms with Gasteiger partial charge in [-0.2, -0.15) is 0 Å². The molecule has 214 valence electrons. The van der Waals surface area contributed by atoms with E-state index in [4.69, 9.17) is 18.9 Å². The predicted molar refractivity (Wildman–Crippen MR) is 141 cm³/mol. The number of hydrogen-bond acceptors (Lipinski definition) is 9. The van der Waals surface area contributed by atoms with Gasteiger partial charge in [0.25, 0.3) is 5.72 Å². The van der Waals surface area contributed by atoms with Gasteiger partial charge in [-0.25, -0.2) is 9.59 Å². The molecule has 0 heterocycles. The van der Waals surface area contributed by atoms with Crippen molar-refractivity contribution in [2.24, 2.45) is 0 Å². The van der Waals surface area contributed by atoms with Crippen LogP contribution in [0.1, 0.15) is 98.5 Å². The number of unbranched alkanes of at least 4 members (excludes halogenated alkanes) is 4. The Morgan fingerprint density at radius 1 is 0.868 bits per heavy atom. The smallest absolute Gasteiger partial charge is 0.477 e. The third-order valence-electron chi connectivity index (χ3n) is 5.33. The number of aliphatic carboxylic acids is 1. The van der Waals surface area contributed by atoms with Gasteiger partial charge in [0.2, 0.25) is 0 Å². The van der Waals surface area contributed by atoms with Gasteiger partial charge < -0.3 is 24.1 Å². The van der Waals surface area contributed by atoms with Crippen LogP contribution < -0.4 is 14.8 Å². The van der Waals surface area contributed by atoms with Crippen molar-refractivity contribution in [2.45, 2.75) is 117 Å². The Balaban J connectivity index is 3.33. The van der Waals surface area contributed by atoms with Crippen molar-refractivity contribution in [1.29, 1.82) is 0 Å². The number of carboxylic acid groups (broad SMARTS) is 1. The summed E-state index contributed by atoms with van der Waals surface area (Å²) in [6.07, 6.45) is 3.36.